The standard InChI is InChI=1S/C27H55N2O6P/c1-5-6-7-8-9-10-11-12-13-14-15-16-17-18-19-21-33-25-27(34-22-20-28)23-26(29(2,3)4)24-35-36(30,31)32/h26-27H,5-19,21-25H2,1-4H3,(H-,30,31,32)/p+1. The number of nitrogens with zero attached hydrogens (tertiary/aromatic N) is 2. The summed E-state index contributed by atoms with van der Waals surface area (Å²) in [5.41, 5.74) is 0. The molecule has 0 fully saturated rings. The van der Waals surface area contributed by atoms with E-state index in [1.54, 1.807) is 0 Å². The van der Waals surface area contributed by atoms with Gasteiger partial charge in [0.05, 0.1) is 39.9 Å². The van der Waals surface area contributed by atoms with E-state index in [0.29, 0.717) is 24.1 Å². The number of ether oxygens (including phenoxy) is 2. The molecule has 0 amide bonds. The van der Waals surface area contributed by atoms with Crippen LogP contribution in [-0.4, -0.2) is 74.0 Å². The van der Waals surface area contributed by atoms with Gasteiger partial charge in [-0.05, 0) is 6.42 Å². The van der Waals surface area contributed by atoms with Crippen LogP contribution in [0.1, 0.15) is 110 Å². The summed E-state index contributed by atoms with van der Waals surface area (Å²) in [6.07, 6.45) is 20.0. The van der Waals surface area contributed by atoms with E-state index in [4.69, 9.17) is 29.0 Å². The van der Waals surface area contributed by atoms with Crippen molar-refractivity contribution >= 4 is 7.82 Å². The monoisotopic (exact) mass is 535 g/mol. The molecule has 0 aliphatic heterocycles. The number of likely N-dealkylation sites (N-methyl/N-ethyl adjacent to an activating group) is 1. The Morgan fingerprint density at radius 2 is 1.28 bits per heavy atom. The Morgan fingerprint density at radius 3 is 1.69 bits per heavy atom. The first-order valence-corrected chi connectivity index (χ1v) is 15.7. The highest BCUT2D eigenvalue weighted by molar-refractivity contribution is 7.46. The van der Waals surface area contributed by atoms with Crippen molar-refractivity contribution in [1.29, 1.82) is 5.26 Å². The average Bonchev–Trinajstić information content (AvgIpc) is 2.80. The van der Waals surface area contributed by atoms with Crippen LogP contribution in [0.5, 0.6) is 0 Å². The van der Waals surface area contributed by atoms with Crippen LogP contribution in [0.3, 0.4) is 0 Å². The first-order chi connectivity index (χ1) is 17.1. The van der Waals surface area contributed by atoms with E-state index in [0.717, 1.165) is 12.8 Å². The number of quaternary nitrogens is 1. The van der Waals surface area contributed by atoms with Crippen LogP contribution in [0.15, 0.2) is 0 Å². The van der Waals surface area contributed by atoms with E-state index >= 15 is 0 Å². The fourth-order valence-corrected chi connectivity index (χ4v) is 4.59. The van der Waals surface area contributed by atoms with Crippen LogP contribution < -0.4 is 0 Å². The molecule has 2 unspecified atom stereocenters. The minimum absolute atomic E-state index is 0.0454. The van der Waals surface area contributed by atoms with E-state index in [1.165, 1.54) is 83.5 Å². The van der Waals surface area contributed by atoms with Crippen molar-refractivity contribution in [3.05, 3.63) is 0 Å². The Morgan fingerprint density at radius 1 is 0.806 bits per heavy atom. The summed E-state index contributed by atoms with van der Waals surface area (Å²) in [5.74, 6) is 0. The van der Waals surface area contributed by atoms with Gasteiger partial charge in [-0.25, -0.2) is 4.57 Å². The maximum absolute atomic E-state index is 11.1. The van der Waals surface area contributed by atoms with Gasteiger partial charge in [-0.1, -0.05) is 96.8 Å². The predicted octanol–water partition coefficient (Wildman–Crippen LogP) is 6.36. The first-order valence-electron chi connectivity index (χ1n) is 14.2. The van der Waals surface area contributed by atoms with Gasteiger partial charge in [0, 0.05) is 13.0 Å². The average molecular weight is 536 g/mol. The minimum Gasteiger partial charge on any atom is -0.379 e. The van der Waals surface area contributed by atoms with Gasteiger partial charge in [0.15, 0.2) is 0 Å². The van der Waals surface area contributed by atoms with E-state index in [2.05, 4.69) is 6.92 Å². The molecule has 0 saturated heterocycles. The third kappa shape index (κ3) is 23.9. The Labute approximate surface area is 221 Å². The quantitative estimate of drug-likeness (QED) is 0.0754. The lowest BCUT2D eigenvalue weighted by Crippen LogP contribution is -2.50. The van der Waals surface area contributed by atoms with Crippen molar-refractivity contribution in [2.24, 2.45) is 0 Å². The molecule has 0 spiro atoms. The van der Waals surface area contributed by atoms with E-state index in [-0.39, 0.29) is 25.4 Å². The molecule has 0 aromatic heterocycles. The summed E-state index contributed by atoms with van der Waals surface area (Å²) in [7, 11) is 1.26. The lowest BCUT2D eigenvalue weighted by Gasteiger charge is -2.35. The second-order valence-corrected chi connectivity index (χ2v) is 12.1. The van der Waals surface area contributed by atoms with Gasteiger partial charge in [0.25, 0.3) is 0 Å². The molecule has 0 rings (SSSR count). The van der Waals surface area contributed by atoms with Crippen LogP contribution in [0.25, 0.3) is 0 Å². The Hall–Kier alpha value is -0.520. The summed E-state index contributed by atoms with van der Waals surface area (Å²) in [5, 5.41) is 8.89. The molecule has 0 aliphatic carbocycles. The maximum atomic E-state index is 11.1. The van der Waals surface area contributed by atoms with Crippen molar-refractivity contribution in [3.8, 4) is 6.07 Å². The van der Waals surface area contributed by atoms with E-state index in [1.807, 2.05) is 27.2 Å². The molecule has 0 aromatic carbocycles. The SMILES string of the molecule is CCCCCCCCCCCCCCCCCOCC(CC(COP(=O)(O)O)[N+](C)(C)C)OCC#N. The summed E-state index contributed by atoms with van der Waals surface area (Å²) < 4.78 is 27.8. The maximum Gasteiger partial charge on any atom is 0.469 e. The Balaban J connectivity index is 3.91. The molecular weight excluding hydrogens is 479 g/mol. The second-order valence-electron chi connectivity index (χ2n) is 10.9. The number of phosphoric ester groups is 1. The third-order valence-corrected chi connectivity index (χ3v) is 7.13. The minimum atomic E-state index is -4.54. The third-order valence-electron chi connectivity index (χ3n) is 6.65. The molecule has 0 aromatic rings. The first kappa shape index (κ1) is 35.5. The van der Waals surface area contributed by atoms with Gasteiger partial charge in [0.1, 0.15) is 19.3 Å². The summed E-state index contributed by atoms with van der Waals surface area (Å²) >= 11 is 0. The molecular formula is C27H56N2O6P+. The Kier molecular flexibility index (Phi) is 22.1. The lowest BCUT2D eigenvalue weighted by molar-refractivity contribution is -0.897. The molecule has 214 valence electrons. The van der Waals surface area contributed by atoms with Crippen LogP contribution in [-0.2, 0) is 18.6 Å². The molecule has 0 bridgehead atoms. The number of phosphoric acid groups is 1. The zero-order valence-corrected chi connectivity index (χ0v) is 24.6. The molecule has 2 atom stereocenters. The highest BCUT2D eigenvalue weighted by atomic mass is 31.2. The number of rotatable bonds is 26. The smallest absolute Gasteiger partial charge is 0.379 e. The molecule has 0 radical (unpaired) electrons. The molecule has 2 N–H and O–H groups in total. The van der Waals surface area contributed by atoms with E-state index in [9.17, 15) is 4.57 Å². The second kappa shape index (κ2) is 22.5. The molecule has 36 heavy (non-hydrogen) atoms. The number of hydrogen-bond acceptors (Lipinski definition) is 5. The number of hydrogen-bond donors (Lipinski definition) is 2. The Bertz CT molecular complexity index is 588. The highest BCUT2D eigenvalue weighted by Crippen LogP contribution is 2.36. The van der Waals surface area contributed by atoms with Crippen molar-refractivity contribution in [2.75, 3.05) is 47.6 Å². The largest absolute Gasteiger partial charge is 0.469 e. The van der Waals surface area contributed by atoms with Gasteiger partial charge < -0.3 is 23.7 Å². The van der Waals surface area contributed by atoms with E-state index < -0.39 is 7.82 Å². The molecule has 9 heteroatoms. The van der Waals surface area contributed by atoms with Crippen molar-refractivity contribution < 1.29 is 32.8 Å². The van der Waals surface area contributed by atoms with Gasteiger partial charge in [-0.2, -0.15) is 5.26 Å². The predicted molar refractivity (Wildman–Crippen MR) is 146 cm³/mol. The zero-order chi connectivity index (χ0) is 27.1. The van der Waals surface area contributed by atoms with Crippen molar-refractivity contribution in [1.82, 2.24) is 0 Å². The highest BCUT2D eigenvalue weighted by Gasteiger charge is 2.31. The fraction of sp³-hybridized carbons (Fsp3) is 0.963. The molecule has 0 saturated carbocycles. The van der Waals surface area contributed by atoms with Gasteiger partial charge in [-0.15, -0.1) is 0 Å². The number of unbranched alkanes of at least 4 members (excludes halogenated alkanes) is 14. The molecule has 0 heterocycles. The number of nitriles is 1. The summed E-state index contributed by atoms with van der Waals surface area (Å²) in [6, 6.07) is 1.77. The molecule has 8 nitrogen and oxygen atoms in total. The van der Waals surface area contributed by atoms with Gasteiger partial charge in [-0.3, -0.25) is 4.52 Å². The zero-order valence-electron chi connectivity index (χ0n) is 23.7. The van der Waals surface area contributed by atoms with Crippen LogP contribution in [0.2, 0.25) is 0 Å². The van der Waals surface area contributed by atoms with Crippen molar-refractivity contribution in [2.45, 2.75) is 122 Å². The van der Waals surface area contributed by atoms with Gasteiger partial charge in [0.2, 0.25) is 0 Å². The van der Waals surface area contributed by atoms with Crippen LogP contribution in [0.4, 0.5) is 0 Å². The van der Waals surface area contributed by atoms with Crippen LogP contribution in [0, 0.1) is 11.3 Å². The lowest BCUT2D eigenvalue weighted by atomic mass is 10.0. The van der Waals surface area contributed by atoms with Crippen LogP contribution >= 0.6 is 7.82 Å². The topological polar surface area (TPSA) is 109 Å². The molecule has 0 aliphatic rings. The van der Waals surface area contributed by atoms with Crippen molar-refractivity contribution in [3.63, 3.8) is 0 Å². The normalized spacial score (nSPS) is 14.0. The summed E-state index contributed by atoms with van der Waals surface area (Å²) in [4.78, 5) is 18.1. The summed E-state index contributed by atoms with van der Waals surface area (Å²) in [6.45, 7) is 3.13. The fourth-order valence-electron chi connectivity index (χ4n) is 4.22. The van der Waals surface area contributed by atoms with Gasteiger partial charge >= 0.3 is 7.82 Å².